The van der Waals surface area contributed by atoms with E-state index in [0.29, 0.717) is 11.5 Å². The summed E-state index contributed by atoms with van der Waals surface area (Å²) in [5.41, 5.74) is 2.72. The normalized spacial score (nSPS) is 10.6. The van der Waals surface area contributed by atoms with Crippen molar-refractivity contribution >= 4 is 23.1 Å². The lowest BCUT2D eigenvalue weighted by Gasteiger charge is -1.99. The van der Waals surface area contributed by atoms with Gasteiger partial charge in [0.25, 0.3) is 5.91 Å². The SMILES string of the molecule is CCc1ccc(-c2nc(C(=O)Nc3ccn(C)n3)cs2)cc1. The molecule has 6 heteroatoms. The fourth-order valence-electron chi connectivity index (χ4n) is 2.06. The van der Waals surface area contributed by atoms with E-state index in [1.807, 2.05) is 12.1 Å². The molecule has 0 unspecified atom stereocenters. The fourth-order valence-corrected chi connectivity index (χ4v) is 2.86. The van der Waals surface area contributed by atoms with Gasteiger partial charge in [0.15, 0.2) is 5.82 Å². The number of aromatic nitrogens is 3. The van der Waals surface area contributed by atoms with E-state index in [2.05, 4.69) is 34.5 Å². The number of nitrogens with zero attached hydrogens (tertiary/aromatic N) is 3. The van der Waals surface area contributed by atoms with E-state index in [0.717, 1.165) is 17.0 Å². The molecule has 0 saturated heterocycles. The third-order valence-electron chi connectivity index (χ3n) is 3.30. The van der Waals surface area contributed by atoms with Crippen LogP contribution in [0.2, 0.25) is 0 Å². The van der Waals surface area contributed by atoms with E-state index in [1.165, 1.54) is 16.9 Å². The van der Waals surface area contributed by atoms with Crippen molar-refractivity contribution < 1.29 is 4.79 Å². The topological polar surface area (TPSA) is 59.8 Å². The van der Waals surface area contributed by atoms with E-state index in [1.54, 1.807) is 29.4 Å². The lowest BCUT2D eigenvalue weighted by molar-refractivity contribution is 0.102. The Balaban J connectivity index is 1.76. The first-order chi connectivity index (χ1) is 10.7. The van der Waals surface area contributed by atoms with Crippen LogP contribution in [-0.4, -0.2) is 20.7 Å². The average molecular weight is 312 g/mol. The molecule has 5 nitrogen and oxygen atoms in total. The molecule has 0 saturated carbocycles. The molecule has 112 valence electrons. The van der Waals surface area contributed by atoms with Crippen LogP contribution in [-0.2, 0) is 13.5 Å². The van der Waals surface area contributed by atoms with Crippen LogP contribution in [0, 0.1) is 0 Å². The van der Waals surface area contributed by atoms with Crippen molar-refractivity contribution in [2.75, 3.05) is 5.32 Å². The van der Waals surface area contributed by atoms with Crippen LogP contribution in [0.4, 0.5) is 5.82 Å². The molecule has 1 amide bonds. The Labute approximate surface area is 132 Å². The number of benzene rings is 1. The number of hydrogen-bond donors (Lipinski definition) is 1. The van der Waals surface area contributed by atoms with Crippen LogP contribution >= 0.6 is 11.3 Å². The van der Waals surface area contributed by atoms with Crippen molar-refractivity contribution in [3.63, 3.8) is 0 Å². The summed E-state index contributed by atoms with van der Waals surface area (Å²) in [6, 6.07) is 10.00. The summed E-state index contributed by atoms with van der Waals surface area (Å²) in [5.74, 6) is 0.278. The van der Waals surface area contributed by atoms with Gasteiger partial charge in [-0.15, -0.1) is 11.3 Å². The fraction of sp³-hybridized carbons (Fsp3) is 0.188. The summed E-state index contributed by atoms with van der Waals surface area (Å²) in [4.78, 5) is 16.6. The molecule has 1 N–H and O–H groups in total. The van der Waals surface area contributed by atoms with Crippen molar-refractivity contribution in [2.24, 2.45) is 7.05 Å². The summed E-state index contributed by atoms with van der Waals surface area (Å²) >= 11 is 1.46. The molecular formula is C16H16N4OS. The van der Waals surface area contributed by atoms with Gasteiger partial charge in [0.05, 0.1) is 0 Å². The van der Waals surface area contributed by atoms with Crippen LogP contribution in [0.15, 0.2) is 41.9 Å². The van der Waals surface area contributed by atoms with Gasteiger partial charge in [-0.25, -0.2) is 4.98 Å². The van der Waals surface area contributed by atoms with Gasteiger partial charge in [0, 0.05) is 30.3 Å². The summed E-state index contributed by atoms with van der Waals surface area (Å²) in [5, 5.41) is 9.46. The number of carbonyl (C=O) groups is 1. The van der Waals surface area contributed by atoms with Crippen LogP contribution in [0.5, 0.6) is 0 Å². The number of hydrogen-bond acceptors (Lipinski definition) is 4. The predicted molar refractivity (Wildman–Crippen MR) is 88.1 cm³/mol. The average Bonchev–Trinajstić information content (AvgIpc) is 3.17. The zero-order valence-corrected chi connectivity index (χ0v) is 13.2. The molecule has 0 atom stereocenters. The molecule has 3 aromatic rings. The van der Waals surface area contributed by atoms with Crippen molar-refractivity contribution in [2.45, 2.75) is 13.3 Å². The number of amides is 1. The van der Waals surface area contributed by atoms with Crippen LogP contribution in [0.1, 0.15) is 23.0 Å². The maximum absolute atomic E-state index is 12.2. The molecule has 22 heavy (non-hydrogen) atoms. The quantitative estimate of drug-likeness (QED) is 0.803. The smallest absolute Gasteiger partial charge is 0.276 e. The summed E-state index contributed by atoms with van der Waals surface area (Å²) in [7, 11) is 1.80. The highest BCUT2D eigenvalue weighted by Gasteiger charge is 2.13. The van der Waals surface area contributed by atoms with E-state index in [-0.39, 0.29) is 5.91 Å². The molecule has 2 heterocycles. The molecule has 1 aromatic carbocycles. The Morgan fingerprint density at radius 1 is 1.27 bits per heavy atom. The highest BCUT2D eigenvalue weighted by molar-refractivity contribution is 7.13. The first-order valence-corrected chi connectivity index (χ1v) is 7.89. The number of anilines is 1. The molecule has 0 aliphatic carbocycles. The lowest BCUT2D eigenvalue weighted by atomic mass is 10.1. The minimum atomic E-state index is -0.244. The number of carbonyl (C=O) groups excluding carboxylic acids is 1. The molecule has 0 bridgehead atoms. The Morgan fingerprint density at radius 3 is 2.68 bits per heavy atom. The second-order valence-corrected chi connectivity index (χ2v) is 5.78. The van der Waals surface area contributed by atoms with E-state index in [4.69, 9.17) is 0 Å². The summed E-state index contributed by atoms with van der Waals surface area (Å²) < 4.78 is 1.64. The Bertz CT molecular complexity index is 789. The van der Waals surface area contributed by atoms with Gasteiger partial charge in [-0.2, -0.15) is 5.10 Å². The van der Waals surface area contributed by atoms with E-state index < -0.39 is 0 Å². The maximum atomic E-state index is 12.2. The van der Waals surface area contributed by atoms with Crippen molar-refractivity contribution in [3.05, 3.63) is 53.2 Å². The number of rotatable bonds is 4. The van der Waals surface area contributed by atoms with Crippen molar-refractivity contribution in [3.8, 4) is 10.6 Å². The van der Waals surface area contributed by atoms with Crippen molar-refractivity contribution in [1.29, 1.82) is 0 Å². The van der Waals surface area contributed by atoms with Gasteiger partial charge in [0.2, 0.25) is 0 Å². The first kappa shape index (κ1) is 14.5. The van der Waals surface area contributed by atoms with Gasteiger partial charge in [0.1, 0.15) is 10.7 Å². The Kier molecular flexibility index (Phi) is 4.02. The van der Waals surface area contributed by atoms with Crippen LogP contribution < -0.4 is 5.32 Å². The highest BCUT2D eigenvalue weighted by atomic mass is 32.1. The van der Waals surface area contributed by atoms with Gasteiger partial charge < -0.3 is 5.32 Å². The van der Waals surface area contributed by atoms with Gasteiger partial charge >= 0.3 is 0 Å². The zero-order chi connectivity index (χ0) is 15.5. The monoisotopic (exact) mass is 312 g/mol. The molecule has 0 spiro atoms. The van der Waals surface area contributed by atoms with Gasteiger partial charge in [-0.3, -0.25) is 9.48 Å². The molecule has 0 aliphatic heterocycles. The predicted octanol–water partition coefficient (Wildman–Crippen LogP) is 3.36. The van der Waals surface area contributed by atoms with Gasteiger partial charge in [-0.05, 0) is 12.0 Å². The molecule has 2 aromatic heterocycles. The minimum absolute atomic E-state index is 0.244. The molecule has 0 fully saturated rings. The second kappa shape index (κ2) is 6.11. The van der Waals surface area contributed by atoms with Crippen molar-refractivity contribution in [1.82, 2.24) is 14.8 Å². The molecular weight excluding hydrogens is 296 g/mol. The van der Waals surface area contributed by atoms with Gasteiger partial charge in [-0.1, -0.05) is 31.2 Å². The Morgan fingerprint density at radius 2 is 2.05 bits per heavy atom. The number of thiazole rings is 1. The largest absolute Gasteiger partial charge is 0.304 e. The molecule has 0 radical (unpaired) electrons. The second-order valence-electron chi connectivity index (χ2n) is 4.92. The number of aryl methyl sites for hydroxylation is 2. The summed E-state index contributed by atoms with van der Waals surface area (Å²) in [6.07, 6.45) is 2.78. The third-order valence-corrected chi connectivity index (χ3v) is 4.19. The van der Waals surface area contributed by atoms with E-state index in [9.17, 15) is 4.79 Å². The highest BCUT2D eigenvalue weighted by Crippen LogP contribution is 2.24. The minimum Gasteiger partial charge on any atom is -0.304 e. The lowest BCUT2D eigenvalue weighted by Crippen LogP contribution is -2.12. The Hall–Kier alpha value is -2.47. The van der Waals surface area contributed by atoms with Crippen LogP contribution in [0.3, 0.4) is 0 Å². The molecule has 3 rings (SSSR count). The van der Waals surface area contributed by atoms with Crippen LogP contribution in [0.25, 0.3) is 10.6 Å². The van der Waals surface area contributed by atoms with E-state index >= 15 is 0 Å². The zero-order valence-electron chi connectivity index (χ0n) is 12.4. The standard InChI is InChI=1S/C16H16N4OS/c1-3-11-4-6-12(7-5-11)16-17-13(10-22-16)15(21)18-14-8-9-20(2)19-14/h4-10H,3H2,1-2H3,(H,18,19,21). The molecule has 0 aliphatic rings. The summed E-state index contributed by atoms with van der Waals surface area (Å²) in [6.45, 7) is 2.12. The maximum Gasteiger partial charge on any atom is 0.276 e. The first-order valence-electron chi connectivity index (χ1n) is 7.01. The third kappa shape index (κ3) is 3.07. The number of nitrogens with one attached hydrogen (secondary N) is 1.